The molecule has 148 valence electrons. The molecule has 0 N–H and O–H groups in total. The number of para-hydroxylation sites is 1. The zero-order valence-corrected chi connectivity index (χ0v) is 17.7. The van der Waals surface area contributed by atoms with E-state index in [9.17, 15) is 4.79 Å². The van der Waals surface area contributed by atoms with Gasteiger partial charge in [-0.1, -0.05) is 41.9 Å². The van der Waals surface area contributed by atoms with Crippen molar-refractivity contribution in [1.29, 1.82) is 0 Å². The topological polar surface area (TPSA) is 23.6 Å². The summed E-state index contributed by atoms with van der Waals surface area (Å²) >= 11 is 7.69. The van der Waals surface area contributed by atoms with Crippen LogP contribution in [-0.2, 0) is 5.75 Å². The number of anilines is 1. The van der Waals surface area contributed by atoms with Gasteiger partial charge in [0.25, 0.3) is 5.91 Å². The van der Waals surface area contributed by atoms with Crippen LogP contribution in [0.1, 0.15) is 15.9 Å². The third-order valence-corrected chi connectivity index (χ3v) is 6.44. The Morgan fingerprint density at radius 2 is 1.48 bits per heavy atom. The van der Waals surface area contributed by atoms with Gasteiger partial charge in [0, 0.05) is 53.1 Å². The number of hydrogen-bond donors (Lipinski definition) is 0. The number of piperazine rings is 1. The fourth-order valence-electron chi connectivity index (χ4n) is 3.43. The monoisotopic (exact) mass is 422 g/mol. The molecule has 4 rings (SSSR count). The van der Waals surface area contributed by atoms with Crippen LogP contribution in [0.2, 0.25) is 5.02 Å². The number of carbonyl (C=O) groups excluding carboxylic acids is 1. The summed E-state index contributed by atoms with van der Waals surface area (Å²) in [6.45, 7) is 3.24. The molecule has 29 heavy (non-hydrogen) atoms. The van der Waals surface area contributed by atoms with Crippen molar-refractivity contribution < 1.29 is 4.79 Å². The van der Waals surface area contributed by atoms with E-state index in [1.54, 1.807) is 11.8 Å². The first kappa shape index (κ1) is 19.9. The number of rotatable bonds is 5. The maximum absolute atomic E-state index is 12.9. The van der Waals surface area contributed by atoms with E-state index in [2.05, 4.69) is 41.3 Å². The van der Waals surface area contributed by atoms with Gasteiger partial charge in [-0.15, -0.1) is 11.8 Å². The lowest BCUT2D eigenvalue weighted by atomic mass is 10.1. The summed E-state index contributed by atoms with van der Waals surface area (Å²) in [5.41, 5.74) is 3.19. The zero-order valence-electron chi connectivity index (χ0n) is 16.1. The molecule has 3 nitrogen and oxygen atoms in total. The fraction of sp³-hybridized carbons (Fsp3) is 0.208. The molecule has 3 aromatic rings. The molecule has 0 aliphatic carbocycles. The van der Waals surface area contributed by atoms with Crippen LogP contribution in [0.3, 0.4) is 0 Å². The van der Waals surface area contributed by atoms with E-state index in [-0.39, 0.29) is 5.91 Å². The number of hydrogen-bond acceptors (Lipinski definition) is 3. The van der Waals surface area contributed by atoms with Crippen molar-refractivity contribution in [1.82, 2.24) is 4.90 Å². The van der Waals surface area contributed by atoms with E-state index in [1.165, 1.54) is 16.1 Å². The van der Waals surface area contributed by atoms with Crippen LogP contribution in [0.5, 0.6) is 0 Å². The van der Waals surface area contributed by atoms with Crippen LogP contribution in [0.15, 0.2) is 83.8 Å². The van der Waals surface area contributed by atoms with Crippen LogP contribution < -0.4 is 4.90 Å². The largest absolute Gasteiger partial charge is 0.368 e. The Morgan fingerprint density at radius 1 is 0.828 bits per heavy atom. The van der Waals surface area contributed by atoms with Crippen LogP contribution in [0.4, 0.5) is 5.69 Å². The average Bonchev–Trinajstić information content (AvgIpc) is 2.79. The highest BCUT2D eigenvalue weighted by Gasteiger charge is 2.22. The van der Waals surface area contributed by atoms with Gasteiger partial charge in [-0.25, -0.2) is 0 Å². The van der Waals surface area contributed by atoms with Gasteiger partial charge >= 0.3 is 0 Å². The van der Waals surface area contributed by atoms with E-state index in [4.69, 9.17) is 11.6 Å². The molecule has 0 aromatic heterocycles. The van der Waals surface area contributed by atoms with Crippen molar-refractivity contribution in [2.45, 2.75) is 10.6 Å². The molecule has 0 unspecified atom stereocenters. The summed E-state index contributed by atoms with van der Waals surface area (Å²) in [7, 11) is 0. The predicted octanol–water partition coefficient (Wildman–Crippen LogP) is 5.59. The molecule has 3 aromatic carbocycles. The summed E-state index contributed by atoms with van der Waals surface area (Å²) in [6.07, 6.45) is 0. The molecule has 1 aliphatic heterocycles. The lowest BCUT2D eigenvalue weighted by molar-refractivity contribution is 0.0747. The fourth-order valence-corrected chi connectivity index (χ4v) is 4.41. The molecule has 0 atom stereocenters. The van der Waals surface area contributed by atoms with Crippen LogP contribution >= 0.6 is 23.4 Å². The van der Waals surface area contributed by atoms with Crippen molar-refractivity contribution in [3.8, 4) is 0 Å². The first-order chi connectivity index (χ1) is 14.2. The lowest BCUT2D eigenvalue weighted by Crippen LogP contribution is -2.48. The second-order valence-corrected chi connectivity index (χ2v) is 8.54. The van der Waals surface area contributed by atoms with Gasteiger partial charge in [0.15, 0.2) is 0 Å². The van der Waals surface area contributed by atoms with Crippen LogP contribution in [0.25, 0.3) is 0 Å². The highest BCUT2D eigenvalue weighted by atomic mass is 35.5. The third kappa shape index (κ3) is 5.14. The SMILES string of the molecule is O=C(c1ccc(CSc2ccc(Cl)cc2)cc1)N1CCN(c2ccccc2)CC1. The standard InChI is InChI=1S/C24H23ClN2OS/c25-21-10-12-23(13-11-21)29-18-19-6-8-20(9-7-19)24(28)27-16-14-26(15-17-27)22-4-2-1-3-5-22/h1-13H,14-18H2. The van der Waals surface area contributed by atoms with Gasteiger partial charge in [0.1, 0.15) is 0 Å². The van der Waals surface area contributed by atoms with Crippen LogP contribution in [0, 0.1) is 0 Å². The first-order valence-electron chi connectivity index (χ1n) is 9.76. The summed E-state index contributed by atoms with van der Waals surface area (Å²) in [4.78, 5) is 18.3. The Morgan fingerprint density at radius 3 is 2.14 bits per heavy atom. The lowest BCUT2D eigenvalue weighted by Gasteiger charge is -2.36. The zero-order chi connectivity index (χ0) is 20.1. The minimum Gasteiger partial charge on any atom is -0.368 e. The van der Waals surface area contributed by atoms with E-state index >= 15 is 0 Å². The number of benzene rings is 3. The quantitative estimate of drug-likeness (QED) is 0.500. The Labute approximate surface area is 181 Å². The predicted molar refractivity (Wildman–Crippen MR) is 122 cm³/mol. The van der Waals surface area contributed by atoms with E-state index in [0.29, 0.717) is 0 Å². The summed E-state index contributed by atoms with van der Waals surface area (Å²) < 4.78 is 0. The maximum atomic E-state index is 12.9. The number of carbonyl (C=O) groups is 1. The first-order valence-corrected chi connectivity index (χ1v) is 11.1. The van der Waals surface area contributed by atoms with Gasteiger partial charge < -0.3 is 9.80 Å². The summed E-state index contributed by atoms with van der Waals surface area (Å²) in [5, 5.41) is 0.752. The molecule has 0 bridgehead atoms. The average molecular weight is 423 g/mol. The highest BCUT2D eigenvalue weighted by Crippen LogP contribution is 2.24. The van der Waals surface area contributed by atoms with Crippen LogP contribution in [-0.4, -0.2) is 37.0 Å². The number of halogens is 1. The van der Waals surface area contributed by atoms with Gasteiger partial charge in [-0.3, -0.25) is 4.79 Å². The molecule has 1 aliphatic rings. The molecule has 0 spiro atoms. The number of nitrogens with zero attached hydrogens (tertiary/aromatic N) is 2. The van der Waals surface area contributed by atoms with E-state index in [0.717, 1.165) is 42.5 Å². The van der Waals surface area contributed by atoms with Gasteiger partial charge in [-0.2, -0.15) is 0 Å². The Balaban J connectivity index is 1.31. The Bertz CT molecular complexity index is 937. The smallest absolute Gasteiger partial charge is 0.253 e. The van der Waals surface area contributed by atoms with E-state index in [1.807, 2.05) is 47.4 Å². The summed E-state index contributed by atoms with van der Waals surface area (Å²) in [5.74, 6) is 0.987. The minimum atomic E-state index is 0.120. The van der Waals surface area contributed by atoms with Gasteiger partial charge in [-0.05, 0) is 54.1 Å². The van der Waals surface area contributed by atoms with E-state index < -0.39 is 0 Å². The molecule has 1 heterocycles. The molecule has 0 saturated carbocycles. The maximum Gasteiger partial charge on any atom is 0.253 e. The second-order valence-electron chi connectivity index (χ2n) is 7.05. The van der Waals surface area contributed by atoms with Crippen molar-refractivity contribution in [2.75, 3.05) is 31.1 Å². The Kier molecular flexibility index (Phi) is 6.43. The highest BCUT2D eigenvalue weighted by molar-refractivity contribution is 7.98. The van der Waals surface area contributed by atoms with Crippen molar-refractivity contribution in [3.63, 3.8) is 0 Å². The number of amides is 1. The number of thioether (sulfide) groups is 1. The van der Waals surface area contributed by atoms with Gasteiger partial charge in [0.2, 0.25) is 0 Å². The third-order valence-electron chi connectivity index (χ3n) is 5.11. The van der Waals surface area contributed by atoms with Crippen molar-refractivity contribution in [3.05, 3.63) is 95.0 Å². The summed E-state index contributed by atoms with van der Waals surface area (Å²) in [6, 6.07) is 26.3. The normalized spacial score (nSPS) is 14.1. The van der Waals surface area contributed by atoms with Gasteiger partial charge in [0.05, 0.1) is 0 Å². The minimum absolute atomic E-state index is 0.120. The molecule has 1 amide bonds. The molecule has 5 heteroatoms. The molecule has 1 fully saturated rings. The molecular weight excluding hydrogens is 400 g/mol. The van der Waals surface area contributed by atoms with Crippen molar-refractivity contribution in [2.24, 2.45) is 0 Å². The van der Waals surface area contributed by atoms with Crippen molar-refractivity contribution >= 4 is 35.0 Å². The second kappa shape index (κ2) is 9.38. The molecule has 0 radical (unpaired) electrons. The Hall–Kier alpha value is -2.43. The molecular formula is C24H23ClN2OS. The molecule has 1 saturated heterocycles.